The lowest BCUT2D eigenvalue weighted by Crippen LogP contribution is -2.00. The molecule has 0 saturated heterocycles. The average Bonchev–Trinajstić information content (AvgIpc) is 2.47. The molecule has 0 amide bonds. The minimum atomic E-state index is -1.42. The fraction of sp³-hybridized carbons (Fsp3) is 0.133. The number of carbonyl (C=O) groups is 1. The molecular formula is C15H13FN2O3. The van der Waals surface area contributed by atoms with Crippen LogP contribution in [-0.2, 0) is 17.6 Å². The summed E-state index contributed by atoms with van der Waals surface area (Å²) < 4.78 is 12.8. The van der Waals surface area contributed by atoms with Gasteiger partial charge in [-0.25, -0.2) is 19.2 Å². The third kappa shape index (κ3) is 4.38. The number of halogens is 1. The van der Waals surface area contributed by atoms with Gasteiger partial charge in [0.1, 0.15) is 12.1 Å². The number of benzene rings is 1. The van der Waals surface area contributed by atoms with Crippen molar-refractivity contribution in [1.29, 1.82) is 0 Å². The predicted molar refractivity (Wildman–Crippen MR) is 74.1 cm³/mol. The molecule has 1 aromatic carbocycles. The summed E-state index contributed by atoms with van der Waals surface area (Å²) in [5, 5.41) is 17.8. The van der Waals surface area contributed by atoms with Gasteiger partial charge in [0.2, 0.25) is 5.76 Å². The fourth-order valence-electron chi connectivity index (χ4n) is 1.76. The molecule has 2 N–H and O–H groups in total. The highest BCUT2D eigenvalue weighted by atomic mass is 19.1. The first-order chi connectivity index (χ1) is 10.0. The molecule has 0 aliphatic carbocycles. The van der Waals surface area contributed by atoms with E-state index in [4.69, 9.17) is 5.11 Å². The maximum absolute atomic E-state index is 12.8. The van der Waals surface area contributed by atoms with E-state index in [1.807, 2.05) is 0 Å². The van der Waals surface area contributed by atoms with Gasteiger partial charge in [0, 0.05) is 11.8 Å². The monoisotopic (exact) mass is 288 g/mol. The Balaban J connectivity index is 2.06. The summed E-state index contributed by atoms with van der Waals surface area (Å²) in [6, 6.07) is 7.80. The van der Waals surface area contributed by atoms with Crippen molar-refractivity contribution in [1.82, 2.24) is 9.97 Å². The average molecular weight is 288 g/mol. The molecule has 0 saturated carbocycles. The number of hydrogen-bond acceptors (Lipinski definition) is 4. The van der Waals surface area contributed by atoms with Crippen molar-refractivity contribution >= 4 is 12.0 Å². The minimum absolute atomic E-state index is 0.280. The molecule has 0 bridgehead atoms. The molecule has 0 atom stereocenters. The van der Waals surface area contributed by atoms with Crippen LogP contribution in [0.25, 0.3) is 6.08 Å². The third-order valence-electron chi connectivity index (χ3n) is 2.83. The summed E-state index contributed by atoms with van der Waals surface area (Å²) in [5.41, 5.74) is 2.00. The van der Waals surface area contributed by atoms with Crippen LogP contribution < -0.4 is 0 Å². The van der Waals surface area contributed by atoms with Gasteiger partial charge in [-0.15, -0.1) is 0 Å². The molecular weight excluding hydrogens is 275 g/mol. The van der Waals surface area contributed by atoms with Gasteiger partial charge >= 0.3 is 5.97 Å². The van der Waals surface area contributed by atoms with Gasteiger partial charge in [0.15, 0.2) is 0 Å². The zero-order valence-electron chi connectivity index (χ0n) is 11.0. The zero-order valence-corrected chi connectivity index (χ0v) is 11.0. The first-order valence-electron chi connectivity index (χ1n) is 6.24. The lowest BCUT2D eigenvalue weighted by Gasteiger charge is -2.02. The lowest BCUT2D eigenvalue weighted by molar-refractivity contribution is -0.135. The van der Waals surface area contributed by atoms with E-state index in [0.717, 1.165) is 11.6 Å². The molecule has 21 heavy (non-hydrogen) atoms. The molecule has 0 unspecified atom stereocenters. The highest BCUT2D eigenvalue weighted by molar-refractivity contribution is 5.88. The van der Waals surface area contributed by atoms with Gasteiger partial charge in [-0.2, -0.15) is 0 Å². The normalized spacial score (nSPS) is 11.4. The quantitative estimate of drug-likeness (QED) is 0.652. The van der Waals surface area contributed by atoms with Crippen LogP contribution >= 0.6 is 0 Å². The van der Waals surface area contributed by atoms with E-state index in [1.165, 1.54) is 18.5 Å². The summed E-state index contributed by atoms with van der Waals surface area (Å²) in [6.45, 7) is 0. The Morgan fingerprint density at radius 1 is 1.14 bits per heavy atom. The summed E-state index contributed by atoms with van der Waals surface area (Å²) in [4.78, 5) is 18.5. The molecule has 2 aromatic rings. The molecule has 0 fully saturated rings. The molecule has 2 rings (SSSR count). The van der Waals surface area contributed by atoms with E-state index < -0.39 is 11.7 Å². The number of hydrogen-bond donors (Lipinski definition) is 2. The second kappa shape index (κ2) is 6.60. The van der Waals surface area contributed by atoms with E-state index in [2.05, 4.69) is 9.97 Å². The molecule has 0 spiro atoms. The van der Waals surface area contributed by atoms with Crippen molar-refractivity contribution < 1.29 is 19.4 Å². The first-order valence-corrected chi connectivity index (χ1v) is 6.24. The first kappa shape index (κ1) is 14.6. The Morgan fingerprint density at radius 2 is 1.86 bits per heavy atom. The maximum Gasteiger partial charge on any atom is 0.371 e. The van der Waals surface area contributed by atoms with Crippen molar-refractivity contribution in [2.24, 2.45) is 0 Å². The van der Waals surface area contributed by atoms with Crippen LogP contribution in [0, 0.1) is 5.82 Å². The number of rotatable bonds is 5. The van der Waals surface area contributed by atoms with Gasteiger partial charge in [-0.1, -0.05) is 12.1 Å². The van der Waals surface area contributed by atoms with E-state index in [-0.39, 0.29) is 5.82 Å². The minimum Gasteiger partial charge on any atom is -0.502 e. The van der Waals surface area contributed by atoms with Crippen LogP contribution in [0.4, 0.5) is 4.39 Å². The molecule has 108 valence electrons. The number of aliphatic carboxylic acids is 1. The van der Waals surface area contributed by atoms with Gasteiger partial charge in [0.05, 0.1) is 5.69 Å². The summed E-state index contributed by atoms with van der Waals surface area (Å²) in [6.07, 6.45) is 3.64. The van der Waals surface area contributed by atoms with Crippen LogP contribution in [0.1, 0.15) is 17.0 Å². The van der Waals surface area contributed by atoms with E-state index >= 15 is 0 Å². The number of aromatic nitrogens is 2. The van der Waals surface area contributed by atoms with Gasteiger partial charge < -0.3 is 10.2 Å². The van der Waals surface area contributed by atoms with Gasteiger partial charge in [-0.05, 0) is 36.6 Å². The molecule has 0 aliphatic rings. The summed E-state index contributed by atoms with van der Waals surface area (Å²) >= 11 is 0. The second-order valence-electron chi connectivity index (χ2n) is 4.40. The van der Waals surface area contributed by atoms with Gasteiger partial charge in [-0.3, -0.25) is 0 Å². The number of aliphatic hydroxyl groups excluding tert-OH is 1. The lowest BCUT2D eigenvalue weighted by atomic mass is 10.1. The Hall–Kier alpha value is -2.76. The second-order valence-corrected chi connectivity index (χ2v) is 4.40. The molecule has 1 heterocycles. The highest BCUT2D eigenvalue weighted by Gasteiger charge is 2.05. The van der Waals surface area contributed by atoms with E-state index in [0.29, 0.717) is 24.2 Å². The molecule has 0 radical (unpaired) electrons. The number of carboxylic acid groups (broad SMARTS) is 1. The zero-order chi connectivity index (χ0) is 15.2. The van der Waals surface area contributed by atoms with Crippen molar-refractivity contribution in [3.63, 3.8) is 0 Å². The molecule has 1 aromatic heterocycles. The largest absolute Gasteiger partial charge is 0.502 e. The van der Waals surface area contributed by atoms with Crippen LogP contribution in [0.15, 0.2) is 42.4 Å². The van der Waals surface area contributed by atoms with Crippen LogP contribution in [0.3, 0.4) is 0 Å². The Bertz CT molecular complexity index is 669. The highest BCUT2D eigenvalue weighted by Crippen LogP contribution is 2.09. The molecule has 6 heteroatoms. The molecule has 5 nitrogen and oxygen atoms in total. The van der Waals surface area contributed by atoms with Crippen molar-refractivity contribution in [3.05, 3.63) is 65.2 Å². The van der Waals surface area contributed by atoms with Crippen LogP contribution in [0.5, 0.6) is 0 Å². The van der Waals surface area contributed by atoms with E-state index in [9.17, 15) is 14.3 Å². The maximum atomic E-state index is 12.8. The fourth-order valence-corrected chi connectivity index (χ4v) is 1.76. The van der Waals surface area contributed by atoms with Crippen molar-refractivity contribution in [2.75, 3.05) is 0 Å². The number of nitrogens with zero attached hydrogens (tertiary/aromatic N) is 2. The number of aryl methyl sites for hydroxylation is 2. The summed E-state index contributed by atoms with van der Waals surface area (Å²) in [5.74, 6) is -2.47. The van der Waals surface area contributed by atoms with Crippen molar-refractivity contribution in [2.45, 2.75) is 12.8 Å². The Morgan fingerprint density at radius 3 is 2.52 bits per heavy atom. The predicted octanol–water partition coefficient (Wildman–Crippen LogP) is 2.38. The third-order valence-corrected chi connectivity index (χ3v) is 2.83. The smallest absolute Gasteiger partial charge is 0.371 e. The van der Waals surface area contributed by atoms with Gasteiger partial charge in [0.25, 0.3) is 0 Å². The Kier molecular flexibility index (Phi) is 4.61. The standard InChI is InChI=1S/C15H13FN2O3/c16-11-4-1-10(2-5-11)3-6-12-7-13(18-9-17-12)8-14(19)15(20)21/h1-2,4-5,7-9,19H,3,6H2,(H,20,21)/b14-8-. The topological polar surface area (TPSA) is 83.3 Å². The van der Waals surface area contributed by atoms with Crippen LogP contribution in [0.2, 0.25) is 0 Å². The Labute approximate surface area is 120 Å². The van der Waals surface area contributed by atoms with Crippen LogP contribution in [-0.4, -0.2) is 26.2 Å². The van der Waals surface area contributed by atoms with Crippen molar-refractivity contribution in [3.8, 4) is 0 Å². The SMILES string of the molecule is O=C(O)/C(O)=C/c1cc(CCc2ccc(F)cc2)ncn1. The molecule has 0 aliphatic heterocycles. The summed E-state index contributed by atoms with van der Waals surface area (Å²) in [7, 11) is 0. The number of carboxylic acids is 1. The van der Waals surface area contributed by atoms with E-state index in [1.54, 1.807) is 18.2 Å². The number of aliphatic hydroxyl groups is 1.